The van der Waals surface area contributed by atoms with Crippen molar-refractivity contribution in [3.8, 4) is 0 Å². The van der Waals surface area contributed by atoms with E-state index in [9.17, 15) is 4.39 Å². The number of thioether (sulfide) groups is 1. The highest BCUT2D eigenvalue weighted by Gasteiger charge is 1.88. The third-order valence-corrected chi connectivity index (χ3v) is 1.68. The van der Waals surface area contributed by atoms with Gasteiger partial charge in [-0.1, -0.05) is 0 Å². The molecule has 0 aromatic carbocycles. The Balaban J connectivity index is 3.72. The molecule has 0 saturated heterocycles. The van der Waals surface area contributed by atoms with Crippen molar-refractivity contribution in [3.05, 3.63) is 10.7 Å². The van der Waals surface area contributed by atoms with Crippen LogP contribution in [-0.4, -0.2) is 6.26 Å². The third-order valence-electron chi connectivity index (χ3n) is 0.791. The van der Waals surface area contributed by atoms with Crippen molar-refractivity contribution < 1.29 is 4.39 Å². The Morgan fingerprint density at radius 2 is 1.86 bits per heavy atom. The fourth-order valence-corrected chi connectivity index (χ4v) is 0.422. The van der Waals surface area contributed by atoms with Gasteiger partial charge in [-0.25, -0.2) is 4.39 Å². The van der Waals surface area contributed by atoms with Crippen LogP contribution in [0, 0.1) is 0 Å². The molecule has 0 amide bonds. The summed E-state index contributed by atoms with van der Waals surface area (Å²) in [6, 6.07) is 0. The maximum absolute atomic E-state index is 12.0. The van der Waals surface area contributed by atoms with Crippen LogP contribution in [0.2, 0.25) is 0 Å². The van der Waals surface area contributed by atoms with Gasteiger partial charge in [-0.3, -0.25) is 0 Å². The number of hydrogen-bond donors (Lipinski definition) is 0. The van der Waals surface area contributed by atoms with Crippen molar-refractivity contribution in [2.75, 3.05) is 6.26 Å². The fraction of sp³-hybridized carbons (Fsp3) is 0.600. The van der Waals surface area contributed by atoms with Gasteiger partial charge in [0.1, 0.15) is 5.83 Å². The van der Waals surface area contributed by atoms with Crippen molar-refractivity contribution >= 4 is 11.8 Å². The van der Waals surface area contributed by atoms with E-state index >= 15 is 0 Å². The summed E-state index contributed by atoms with van der Waals surface area (Å²) < 4.78 is 12.0. The molecule has 0 N–H and O–H groups in total. The Kier molecular flexibility index (Phi) is 3.09. The lowest BCUT2D eigenvalue weighted by Gasteiger charge is -1.90. The molecule has 0 aromatic heterocycles. The zero-order chi connectivity index (χ0) is 5.86. The van der Waals surface area contributed by atoms with E-state index in [4.69, 9.17) is 0 Å². The molecule has 0 heterocycles. The fourth-order valence-electron chi connectivity index (χ4n) is 0.141. The first-order valence-corrected chi connectivity index (χ1v) is 3.28. The molecule has 0 rings (SSSR count). The molecule has 0 spiro atoms. The minimum atomic E-state index is -0.0764. The Bertz CT molecular complexity index is 82.1. The van der Waals surface area contributed by atoms with Crippen LogP contribution in [0.5, 0.6) is 0 Å². The zero-order valence-corrected chi connectivity index (χ0v) is 5.60. The van der Waals surface area contributed by atoms with Crippen molar-refractivity contribution in [3.63, 3.8) is 0 Å². The molecule has 0 aliphatic heterocycles. The molecule has 7 heavy (non-hydrogen) atoms. The average molecular weight is 120 g/mol. The van der Waals surface area contributed by atoms with Crippen molar-refractivity contribution in [2.24, 2.45) is 0 Å². The zero-order valence-electron chi connectivity index (χ0n) is 4.79. The first-order valence-electron chi connectivity index (χ1n) is 2.05. The molecule has 0 aliphatic carbocycles. The van der Waals surface area contributed by atoms with Gasteiger partial charge in [0, 0.05) is 4.91 Å². The topological polar surface area (TPSA) is 0 Å². The van der Waals surface area contributed by atoms with Gasteiger partial charge in [0.15, 0.2) is 0 Å². The predicted molar refractivity (Wildman–Crippen MR) is 33.0 cm³/mol. The lowest BCUT2D eigenvalue weighted by Crippen LogP contribution is -1.66. The monoisotopic (exact) mass is 120 g/mol. The Morgan fingerprint density at radius 3 is 1.86 bits per heavy atom. The summed E-state index contributed by atoms with van der Waals surface area (Å²) in [7, 11) is 0. The minimum Gasteiger partial charge on any atom is -0.211 e. The van der Waals surface area contributed by atoms with E-state index in [0.29, 0.717) is 0 Å². The van der Waals surface area contributed by atoms with Crippen LogP contribution >= 0.6 is 11.8 Å². The highest BCUT2D eigenvalue weighted by atomic mass is 32.2. The van der Waals surface area contributed by atoms with Crippen LogP contribution < -0.4 is 0 Å². The molecule has 0 aliphatic rings. The van der Waals surface area contributed by atoms with E-state index in [1.165, 1.54) is 18.7 Å². The van der Waals surface area contributed by atoms with Crippen molar-refractivity contribution in [1.82, 2.24) is 0 Å². The lowest BCUT2D eigenvalue weighted by atomic mass is 10.5. The van der Waals surface area contributed by atoms with E-state index in [1.54, 1.807) is 6.92 Å². The van der Waals surface area contributed by atoms with Gasteiger partial charge >= 0.3 is 0 Å². The molecule has 0 saturated carbocycles. The Morgan fingerprint density at radius 1 is 1.43 bits per heavy atom. The molecule has 0 nitrogen and oxygen atoms in total. The van der Waals surface area contributed by atoms with Crippen molar-refractivity contribution in [1.29, 1.82) is 0 Å². The van der Waals surface area contributed by atoms with E-state index in [-0.39, 0.29) is 5.83 Å². The van der Waals surface area contributed by atoms with Crippen LogP contribution in [0.25, 0.3) is 0 Å². The lowest BCUT2D eigenvalue weighted by molar-refractivity contribution is 0.636. The van der Waals surface area contributed by atoms with Crippen LogP contribution in [0.1, 0.15) is 13.8 Å². The van der Waals surface area contributed by atoms with Crippen LogP contribution in [-0.2, 0) is 0 Å². The molecule has 0 fully saturated rings. The Labute approximate surface area is 47.8 Å². The third kappa shape index (κ3) is 2.68. The quantitative estimate of drug-likeness (QED) is 0.512. The second kappa shape index (κ2) is 3.08. The first-order chi connectivity index (χ1) is 3.18. The van der Waals surface area contributed by atoms with Gasteiger partial charge in [-0.15, -0.1) is 11.8 Å². The maximum Gasteiger partial charge on any atom is 0.106 e. The largest absolute Gasteiger partial charge is 0.211 e. The summed E-state index contributed by atoms with van der Waals surface area (Å²) in [5, 5.41) is 0. The number of rotatable bonds is 1. The predicted octanol–water partition coefficient (Wildman–Crippen LogP) is 2.57. The summed E-state index contributed by atoms with van der Waals surface area (Å²) in [4.78, 5) is 0.764. The summed E-state index contributed by atoms with van der Waals surface area (Å²) in [6.07, 6.45) is 1.86. The standard InChI is InChI=1S/C5H9FS/c1-4(6)5(2)7-3/h1-3H3/b5-4-. The summed E-state index contributed by atoms with van der Waals surface area (Å²) in [6.45, 7) is 3.23. The molecular weight excluding hydrogens is 111 g/mol. The average Bonchev–Trinajstić information content (AvgIpc) is 1.65. The van der Waals surface area contributed by atoms with E-state index in [2.05, 4.69) is 0 Å². The highest BCUT2D eigenvalue weighted by Crippen LogP contribution is 2.15. The van der Waals surface area contributed by atoms with Crippen molar-refractivity contribution in [2.45, 2.75) is 13.8 Å². The molecule has 0 bridgehead atoms. The summed E-state index contributed by atoms with van der Waals surface area (Å²) >= 11 is 1.44. The van der Waals surface area contributed by atoms with Gasteiger partial charge in [0.25, 0.3) is 0 Å². The SMILES string of the molecule is CS/C(C)=C(/C)F. The number of hydrogen-bond acceptors (Lipinski definition) is 1. The minimum absolute atomic E-state index is 0.0764. The maximum atomic E-state index is 12.0. The molecule has 0 radical (unpaired) electrons. The van der Waals surface area contributed by atoms with E-state index in [1.807, 2.05) is 6.26 Å². The molecule has 42 valence electrons. The smallest absolute Gasteiger partial charge is 0.106 e. The van der Waals surface area contributed by atoms with Gasteiger partial charge in [-0.2, -0.15) is 0 Å². The first kappa shape index (κ1) is 7.02. The molecule has 2 heteroatoms. The molecule has 0 aromatic rings. The van der Waals surface area contributed by atoms with Gasteiger partial charge in [0.05, 0.1) is 0 Å². The number of allylic oxidation sites excluding steroid dienone is 2. The van der Waals surface area contributed by atoms with Gasteiger partial charge < -0.3 is 0 Å². The van der Waals surface area contributed by atoms with Crippen LogP contribution in [0.4, 0.5) is 4.39 Å². The summed E-state index contributed by atoms with van der Waals surface area (Å²) in [5.74, 6) is -0.0764. The second-order valence-corrected chi connectivity index (χ2v) is 2.31. The van der Waals surface area contributed by atoms with Gasteiger partial charge in [-0.05, 0) is 20.1 Å². The molecule has 0 unspecified atom stereocenters. The van der Waals surface area contributed by atoms with Crippen LogP contribution in [0.15, 0.2) is 10.7 Å². The second-order valence-electron chi connectivity index (χ2n) is 1.29. The molecular formula is C5H9FS. The van der Waals surface area contributed by atoms with E-state index in [0.717, 1.165) is 4.91 Å². The highest BCUT2D eigenvalue weighted by molar-refractivity contribution is 8.02. The summed E-state index contributed by atoms with van der Waals surface area (Å²) in [5.41, 5.74) is 0. The molecule has 0 atom stereocenters. The van der Waals surface area contributed by atoms with E-state index < -0.39 is 0 Å². The number of halogens is 1. The van der Waals surface area contributed by atoms with Gasteiger partial charge in [0.2, 0.25) is 0 Å². The normalized spacial score (nSPS) is 13.7. The van der Waals surface area contributed by atoms with Crippen LogP contribution in [0.3, 0.4) is 0 Å². The Hall–Kier alpha value is 0.0200.